The number of nitrogens with one attached hydrogen (secondary N) is 1. The predicted octanol–water partition coefficient (Wildman–Crippen LogP) is -0.188. The first-order chi connectivity index (χ1) is 9.09. The molecule has 0 aliphatic carbocycles. The Balaban J connectivity index is 1.95. The van der Waals surface area contributed by atoms with Crippen molar-refractivity contribution in [1.82, 2.24) is 9.84 Å². The molecule has 0 bridgehead atoms. The molecule has 1 fully saturated rings. The van der Waals surface area contributed by atoms with Crippen LogP contribution < -0.4 is 10.6 Å². The number of morpholine rings is 1. The minimum Gasteiger partial charge on any atom is -0.379 e. The largest absolute Gasteiger partial charge is 0.379 e. The van der Waals surface area contributed by atoms with Gasteiger partial charge in [-0.1, -0.05) is 24.3 Å². The molecule has 19 heavy (non-hydrogen) atoms. The Labute approximate surface area is 113 Å². The van der Waals surface area contributed by atoms with Gasteiger partial charge in [0.1, 0.15) is 0 Å². The molecule has 0 atom stereocenters. The third-order valence-corrected chi connectivity index (χ3v) is 4.14. The Morgan fingerprint density at radius 2 is 1.74 bits per heavy atom. The Morgan fingerprint density at radius 3 is 2.32 bits per heavy atom. The highest BCUT2D eigenvalue weighted by Gasteiger charge is 2.18. The molecule has 1 aliphatic heterocycles. The summed E-state index contributed by atoms with van der Waals surface area (Å²) in [5, 5.41) is 1.67. The van der Waals surface area contributed by atoms with E-state index in [4.69, 9.17) is 10.5 Å². The summed E-state index contributed by atoms with van der Waals surface area (Å²) in [7, 11) is -3.36. The summed E-state index contributed by atoms with van der Waals surface area (Å²) < 4.78 is 29.2. The lowest BCUT2D eigenvalue weighted by Crippen LogP contribution is -2.48. The predicted molar refractivity (Wildman–Crippen MR) is 72.5 cm³/mol. The summed E-state index contributed by atoms with van der Waals surface area (Å²) >= 11 is 0. The highest BCUT2D eigenvalue weighted by Crippen LogP contribution is 2.08. The molecular formula is C12H19N3O3S. The fourth-order valence-electron chi connectivity index (χ4n) is 1.87. The molecule has 6 nitrogen and oxygen atoms in total. The van der Waals surface area contributed by atoms with Gasteiger partial charge in [-0.05, 0) is 11.1 Å². The van der Waals surface area contributed by atoms with Crippen LogP contribution in [-0.4, -0.2) is 39.7 Å². The van der Waals surface area contributed by atoms with Crippen LogP contribution in [0.15, 0.2) is 24.3 Å². The van der Waals surface area contributed by atoms with E-state index in [-0.39, 0.29) is 5.75 Å². The lowest BCUT2D eigenvalue weighted by Gasteiger charge is -2.26. The van der Waals surface area contributed by atoms with E-state index < -0.39 is 10.0 Å². The highest BCUT2D eigenvalue weighted by molar-refractivity contribution is 7.88. The third-order valence-electron chi connectivity index (χ3n) is 2.89. The van der Waals surface area contributed by atoms with E-state index >= 15 is 0 Å². The molecule has 1 aromatic rings. The van der Waals surface area contributed by atoms with Gasteiger partial charge in [-0.15, -0.1) is 4.83 Å². The molecule has 0 spiro atoms. The van der Waals surface area contributed by atoms with E-state index in [1.54, 1.807) is 17.1 Å². The molecule has 106 valence electrons. The average Bonchev–Trinajstić information content (AvgIpc) is 2.39. The molecule has 2 rings (SSSR count). The number of nitrogens with two attached hydrogens (primary N) is 1. The number of benzene rings is 1. The maximum Gasteiger partial charge on any atom is 0.228 e. The average molecular weight is 285 g/mol. The monoisotopic (exact) mass is 285 g/mol. The molecule has 3 N–H and O–H groups in total. The Kier molecular flexibility index (Phi) is 4.89. The summed E-state index contributed by atoms with van der Waals surface area (Å²) in [6.07, 6.45) is 0. The smallest absolute Gasteiger partial charge is 0.228 e. The van der Waals surface area contributed by atoms with E-state index in [2.05, 4.69) is 4.83 Å². The minimum atomic E-state index is -3.36. The zero-order chi connectivity index (χ0) is 13.7. The van der Waals surface area contributed by atoms with E-state index in [0.717, 1.165) is 11.1 Å². The molecule has 1 aliphatic rings. The van der Waals surface area contributed by atoms with Crippen LogP contribution in [0.1, 0.15) is 11.1 Å². The van der Waals surface area contributed by atoms with Crippen LogP contribution >= 0.6 is 0 Å². The first-order valence-electron chi connectivity index (χ1n) is 6.20. The van der Waals surface area contributed by atoms with Crippen LogP contribution in [0.4, 0.5) is 0 Å². The number of hydrazine groups is 1. The second-order valence-electron chi connectivity index (χ2n) is 4.47. The van der Waals surface area contributed by atoms with Gasteiger partial charge in [0.05, 0.1) is 19.0 Å². The van der Waals surface area contributed by atoms with Gasteiger partial charge in [0.2, 0.25) is 10.0 Å². The van der Waals surface area contributed by atoms with Crippen molar-refractivity contribution in [3.63, 3.8) is 0 Å². The zero-order valence-electron chi connectivity index (χ0n) is 10.7. The van der Waals surface area contributed by atoms with E-state index in [1.165, 1.54) is 0 Å². The standard InChI is InChI=1S/C12H19N3O3S/c13-9-11-1-3-12(4-2-11)10-19(16,17)14-15-5-7-18-8-6-15/h1-4,14H,5-10,13H2. The molecule has 7 heteroatoms. The van der Waals surface area contributed by atoms with Crippen molar-refractivity contribution < 1.29 is 13.2 Å². The molecular weight excluding hydrogens is 266 g/mol. The van der Waals surface area contributed by atoms with Crippen LogP contribution in [0.2, 0.25) is 0 Å². The molecule has 0 saturated carbocycles. The maximum atomic E-state index is 12.0. The van der Waals surface area contributed by atoms with Crippen molar-refractivity contribution in [2.75, 3.05) is 26.3 Å². The van der Waals surface area contributed by atoms with Gasteiger partial charge in [0.25, 0.3) is 0 Å². The zero-order valence-corrected chi connectivity index (χ0v) is 11.5. The summed E-state index contributed by atoms with van der Waals surface area (Å²) in [6.45, 7) is 2.71. The molecule has 0 unspecified atom stereocenters. The van der Waals surface area contributed by atoms with Crippen LogP contribution in [0.3, 0.4) is 0 Å². The Bertz CT molecular complexity index is 495. The highest BCUT2D eigenvalue weighted by atomic mass is 32.2. The van der Waals surface area contributed by atoms with Gasteiger partial charge < -0.3 is 10.5 Å². The van der Waals surface area contributed by atoms with Crippen LogP contribution in [0.5, 0.6) is 0 Å². The lowest BCUT2D eigenvalue weighted by atomic mass is 10.1. The fraction of sp³-hybridized carbons (Fsp3) is 0.500. The van der Waals surface area contributed by atoms with Crippen molar-refractivity contribution in [3.05, 3.63) is 35.4 Å². The summed E-state index contributed by atoms with van der Waals surface area (Å²) in [5.74, 6) is -0.0325. The van der Waals surface area contributed by atoms with E-state index in [0.29, 0.717) is 32.8 Å². The van der Waals surface area contributed by atoms with Gasteiger partial charge in [-0.2, -0.15) is 0 Å². The molecule has 1 aromatic carbocycles. The summed E-state index contributed by atoms with van der Waals surface area (Å²) in [5.41, 5.74) is 7.24. The van der Waals surface area contributed by atoms with Gasteiger partial charge in [0.15, 0.2) is 0 Å². The summed E-state index contributed by atoms with van der Waals surface area (Å²) in [6, 6.07) is 7.28. The fourth-order valence-corrected chi connectivity index (χ4v) is 3.15. The van der Waals surface area contributed by atoms with Gasteiger partial charge >= 0.3 is 0 Å². The van der Waals surface area contributed by atoms with Crippen LogP contribution in [-0.2, 0) is 27.1 Å². The quantitative estimate of drug-likeness (QED) is 0.783. The van der Waals surface area contributed by atoms with Crippen molar-refractivity contribution in [3.8, 4) is 0 Å². The van der Waals surface area contributed by atoms with Crippen molar-refractivity contribution in [1.29, 1.82) is 0 Å². The maximum absolute atomic E-state index is 12.0. The normalized spacial score (nSPS) is 17.5. The Hall–Kier alpha value is -0.990. The van der Waals surface area contributed by atoms with Gasteiger partial charge in [-0.25, -0.2) is 13.4 Å². The number of nitrogens with zero attached hydrogens (tertiary/aromatic N) is 1. The number of rotatable bonds is 5. The van der Waals surface area contributed by atoms with E-state index in [9.17, 15) is 8.42 Å². The molecule has 0 amide bonds. The SMILES string of the molecule is NCc1ccc(CS(=O)(=O)NN2CCOCC2)cc1. The van der Waals surface area contributed by atoms with Crippen molar-refractivity contribution >= 4 is 10.0 Å². The number of sulfonamides is 1. The number of ether oxygens (including phenoxy) is 1. The first-order valence-corrected chi connectivity index (χ1v) is 7.85. The molecule has 1 heterocycles. The van der Waals surface area contributed by atoms with Crippen molar-refractivity contribution in [2.24, 2.45) is 5.73 Å². The van der Waals surface area contributed by atoms with Gasteiger partial charge in [-0.3, -0.25) is 0 Å². The van der Waals surface area contributed by atoms with Gasteiger partial charge in [0, 0.05) is 19.6 Å². The molecule has 0 radical (unpaired) electrons. The lowest BCUT2D eigenvalue weighted by molar-refractivity contribution is 0.0272. The topological polar surface area (TPSA) is 84.7 Å². The summed E-state index contributed by atoms with van der Waals surface area (Å²) in [4.78, 5) is 2.57. The van der Waals surface area contributed by atoms with Crippen LogP contribution in [0, 0.1) is 0 Å². The third kappa shape index (κ3) is 4.55. The minimum absolute atomic E-state index is 0.0325. The van der Waals surface area contributed by atoms with E-state index in [1.807, 2.05) is 12.1 Å². The molecule has 0 aromatic heterocycles. The molecule has 1 saturated heterocycles. The second-order valence-corrected chi connectivity index (χ2v) is 6.17. The first kappa shape index (κ1) is 14.4. The number of hydrogen-bond donors (Lipinski definition) is 2. The Morgan fingerprint density at radius 1 is 1.16 bits per heavy atom. The van der Waals surface area contributed by atoms with Crippen molar-refractivity contribution in [2.45, 2.75) is 12.3 Å². The second kappa shape index (κ2) is 6.44. The van der Waals surface area contributed by atoms with Crippen LogP contribution in [0.25, 0.3) is 0 Å². The number of hydrogen-bond acceptors (Lipinski definition) is 5.